The first-order chi connectivity index (χ1) is 10.7. The van der Waals surface area contributed by atoms with E-state index in [0.29, 0.717) is 18.4 Å². The topological polar surface area (TPSA) is 72.8 Å². The number of aliphatic hydroxyl groups is 1. The Morgan fingerprint density at radius 1 is 1.09 bits per heavy atom. The number of rotatable bonds is 1. The van der Waals surface area contributed by atoms with Crippen LogP contribution in [0.25, 0.3) is 0 Å². The zero-order valence-electron chi connectivity index (χ0n) is 12.2. The normalized spacial score (nSPS) is 36.7. The molecule has 0 aromatic heterocycles. The molecule has 1 aromatic carbocycles. The maximum absolute atomic E-state index is 13.1. The zero-order chi connectivity index (χ0) is 16.5. The summed E-state index contributed by atoms with van der Waals surface area (Å²) in [6.45, 7) is 0. The van der Waals surface area contributed by atoms with E-state index in [-0.39, 0.29) is 24.3 Å². The van der Waals surface area contributed by atoms with E-state index in [1.807, 2.05) is 0 Å². The van der Waals surface area contributed by atoms with Crippen LogP contribution in [0.1, 0.15) is 37.7 Å². The van der Waals surface area contributed by atoms with Crippen LogP contribution in [0.2, 0.25) is 0 Å². The van der Waals surface area contributed by atoms with Gasteiger partial charge in [-0.15, -0.1) is 8.78 Å². The van der Waals surface area contributed by atoms with Crippen LogP contribution in [-0.2, 0) is 15.4 Å². The van der Waals surface area contributed by atoms with Crippen molar-refractivity contribution in [2.24, 2.45) is 0 Å². The highest BCUT2D eigenvalue weighted by molar-refractivity contribution is 7.92. The Hall–Kier alpha value is -1.41. The highest BCUT2D eigenvalue weighted by Crippen LogP contribution is 2.49. The van der Waals surface area contributed by atoms with Gasteiger partial charge in [-0.3, -0.25) is 0 Å². The SMILES string of the molecule is O=S1(=O)C2CCCC1CC(O)(c1ccc3c(c1)OC(F)(F)O3)C2. The van der Waals surface area contributed by atoms with E-state index in [0.717, 1.165) is 6.42 Å². The van der Waals surface area contributed by atoms with Crippen molar-refractivity contribution in [3.8, 4) is 11.5 Å². The van der Waals surface area contributed by atoms with Crippen LogP contribution in [-0.4, -0.2) is 30.3 Å². The van der Waals surface area contributed by atoms with Crippen LogP contribution in [0.15, 0.2) is 18.2 Å². The minimum atomic E-state index is -3.71. The highest BCUT2D eigenvalue weighted by Gasteiger charge is 2.51. The van der Waals surface area contributed by atoms with E-state index in [2.05, 4.69) is 9.47 Å². The summed E-state index contributed by atoms with van der Waals surface area (Å²) in [4.78, 5) is 0. The molecular weight excluding hydrogens is 330 g/mol. The average Bonchev–Trinajstić information content (AvgIpc) is 2.73. The lowest BCUT2D eigenvalue weighted by atomic mass is 9.80. The molecule has 3 aliphatic heterocycles. The lowest BCUT2D eigenvalue weighted by Gasteiger charge is -2.44. The van der Waals surface area contributed by atoms with Gasteiger partial charge in [-0.05, 0) is 43.4 Å². The number of sulfone groups is 1. The Morgan fingerprint density at radius 3 is 2.35 bits per heavy atom. The predicted molar refractivity (Wildman–Crippen MR) is 76.1 cm³/mol. The van der Waals surface area contributed by atoms with Crippen molar-refractivity contribution < 1.29 is 31.8 Å². The molecular formula is C15H16F2O5S. The van der Waals surface area contributed by atoms with Crippen LogP contribution in [0, 0.1) is 0 Å². The molecule has 3 heterocycles. The van der Waals surface area contributed by atoms with Crippen molar-refractivity contribution in [3.63, 3.8) is 0 Å². The lowest BCUT2D eigenvalue weighted by molar-refractivity contribution is -0.286. The molecule has 2 atom stereocenters. The molecule has 5 nitrogen and oxygen atoms in total. The summed E-state index contributed by atoms with van der Waals surface area (Å²) < 4.78 is 59.6. The predicted octanol–water partition coefficient (Wildman–Crippen LogP) is 2.33. The second-order valence-corrected chi connectivity index (χ2v) is 9.04. The molecule has 23 heavy (non-hydrogen) atoms. The number of benzene rings is 1. The first-order valence-electron chi connectivity index (χ1n) is 7.55. The second-order valence-electron chi connectivity index (χ2n) is 6.53. The fourth-order valence-electron chi connectivity index (χ4n) is 3.92. The summed E-state index contributed by atoms with van der Waals surface area (Å²) in [7, 11) is -3.21. The molecule has 2 bridgehead atoms. The molecule has 0 saturated carbocycles. The first-order valence-corrected chi connectivity index (χ1v) is 9.16. The minimum absolute atomic E-state index is 0.0852. The standard InChI is InChI=1S/C15H16F2O5S/c16-15(17)21-12-5-4-9(6-13(12)22-15)14(18)7-10-2-1-3-11(8-14)23(10,19)20/h4-6,10-11,18H,1-3,7-8H2. The lowest BCUT2D eigenvalue weighted by Crippen LogP contribution is -2.50. The maximum atomic E-state index is 13.1. The fraction of sp³-hybridized carbons (Fsp3) is 0.600. The maximum Gasteiger partial charge on any atom is 0.586 e. The largest absolute Gasteiger partial charge is 0.586 e. The molecule has 0 spiro atoms. The molecule has 2 fully saturated rings. The van der Waals surface area contributed by atoms with Crippen molar-refractivity contribution in [1.82, 2.24) is 0 Å². The molecule has 8 heteroatoms. The molecule has 1 aromatic rings. The summed E-state index contributed by atoms with van der Waals surface area (Å²) in [5.74, 6) is -0.231. The van der Waals surface area contributed by atoms with Gasteiger partial charge in [0.05, 0.1) is 16.1 Å². The molecule has 2 saturated heterocycles. The smallest absolute Gasteiger partial charge is 0.395 e. The van der Waals surface area contributed by atoms with Crippen LogP contribution >= 0.6 is 0 Å². The van der Waals surface area contributed by atoms with Gasteiger partial charge in [0.2, 0.25) is 0 Å². The quantitative estimate of drug-likeness (QED) is 0.845. The zero-order valence-corrected chi connectivity index (χ0v) is 13.0. The van der Waals surface area contributed by atoms with E-state index < -0.39 is 32.2 Å². The Kier molecular flexibility index (Phi) is 3.01. The van der Waals surface area contributed by atoms with Gasteiger partial charge < -0.3 is 14.6 Å². The van der Waals surface area contributed by atoms with Crippen LogP contribution in [0.3, 0.4) is 0 Å². The van der Waals surface area contributed by atoms with Gasteiger partial charge in [-0.2, -0.15) is 0 Å². The highest BCUT2D eigenvalue weighted by atomic mass is 32.2. The van der Waals surface area contributed by atoms with Gasteiger partial charge in [-0.1, -0.05) is 12.5 Å². The van der Waals surface area contributed by atoms with Gasteiger partial charge in [0.25, 0.3) is 0 Å². The van der Waals surface area contributed by atoms with Crippen LogP contribution < -0.4 is 9.47 Å². The Labute approximate surface area is 132 Å². The Morgan fingerprint density at radius 2 is 1.70 bits per heavy atom. The van der Waals surface area contributed by atoms with E-state index in [9.17, 15) is 22.3 Å². The molecule has 0 amide bonds. The Bertz CT molecular complexity index is 741. The summed E-state index contributed by atoms with van der Waals surface area (Å²) in [5.41, 5.74) is -0.957. The number of hydrogen-bond donors (Lipinski definition) is 1. The number of alkyl halides is 2. The molecule has 2 unspecified atom stereocenters. The molecule has 126 valence electrons. The second kappa shape index (κ2) is 4.57. The van der Waals surface area contributed by atoms with E-state index in [1.54, 1.807) is 0 Å². The molecule has 0 aliphatic carbocycles. The molecule has 3 aliphatic rings. The number of ether oxygens (including phenoxy) is 2. The van der Waals surface area contributed by atoms with Crippen molar-refractivity contribution in [2.45, 2.75) is 54.5 Å². The van der Waals surface area contributed by atoms with Gasteiger partial charge in [0, 0.05) is 0 Å². The van der Waals surface area contributed by atoms with E-state index in [1.165, 1.54) is 18.2 Å². The summed E-state index contributed by atoms with van der Waals surface area (Å²) >= 11 is 0. The van der Waals surface area contributed by atoms with Gasteiger partial charge in [-0.25, -0.2) is 8.42 Å². The number of fused-ring (bicyclic) bond motifs is 3. The monoisotopic (exact) mass is 346 g/mol. The molecule has 4 rings (SSSR count). The summed E-state index contributed by atoms with van der Waals surface area (Å²) in [6.07, 6.45) is -1.65. The van der Waals surface area contributed by atoms with Gasteiger partial charge in [0.1, 0.15) is 0 Å². The molecule has 1 N–H and O–H groups in total. The Balaban J connectivity index is 1.69. The van der Waals surface area contributed by atoms with Gasteiger partial charge >= 0.3 is 6.29 Å². The van der Waals surface area contributed by atoms with E-state index in [4.69, 9.17) is 0 Å². The van der Waals surface area contributed by atoms with Crippen molar-refractivity contribution in [3.05, 3.63) is 23.8 Å². The van der Waals surface area contributed by atoms with Crippen molar-refractivity contribution in [2.75, 3.05) is 0 Å². The van der Waals surface area contributed by atoms with Crippen molar-refractivity contribution in [1.29, 1.82) is 0 Å². The number of hydrogen-bond acceptors (Lipinski definition) is 5. The third kappa shape index (κ3) is 2.30. The third-order valence-corrected chi connectivity index (χ3v) is 7.71. The van der Waals surface area contributed by atoms with Crippen molar-refractivity contribution >= 4 is 9.84 Å². The third-order valence-electron chi connectivity index (χ3n) is 5.05. The van der Waals surface area contributed by atoms with Crippen LogP contribution in [0.4, 0.5) is 8.78 Å². The minimum Gasteiger partial charge on any atom is -0.395 e. The van der Waals surface area contributed by atoms with Gasteiger partial charge in [0.15, 0.2) is 21.3 Å². The summed E-state index contributed by atoms with van der Waals surface area (Å²) in [5, 5.41) is 9.84. The number of halogens is 2. The van der Waals surface area contributed by atoms with E-state index >= 15 is 0 Å². The van der Waals surface area contributed by atoms with Crippen LogP contribution in [0.5, 0.6) is 11.5 Å². The summed E-state index contributed by atoms with van der Waals surface area (Å²) in [6, 6.07) is 4.14. The molecule has 0 radical (unpaired) electrons. The fourth-order valence-corrected chi connectivity index (χ4v) is 6.47. The first kappa shape index (κ1) is 15.1. The average molecular weight is 346 g/mol.